The molecule has 52 heavy (non-hydrogen) atoms. The molecule has 2 bridgehead atoms. The number of pyridine rings is 1. The van der Waals surface area contributed by atoms with E-state index in [-0.39, 0.29) is 17.9 Å². The van der Waals surface area contributed by atoms with Gasteiger partial charge in [0.15, 0.2) is 0 Å². The second-order valence-corrected chi connectivity index (χ2v) is 15.4. The molecule has 4 aliphatic rings. The fourth-order valence-electron chi connectivity index (χ4n) is 9.33. The molecule has 9 rings (SSSR count). The van der Waals surface area contributed by atoms with Crippen molar-refractivity contribution in [3.8, 4) is 33.6 Å². The smallest absolute Gasteiger partial charge is 0.407 e. The number of imidazole rings is 2. The van der Waals surface area contributed by atoms with Crippen LogP contribution >= 0.6 is 0 Å². The zero-order valence-corrected chi connectivity index (χ0v) is 30.0. The van der Waals surface area contributed by atoms with Gasteiger partial charge in [-0.1, -0.05) is 32.0 Å². The standard InChI is InChI=1S/C41H46N8O3/c1-22(2)37(48-41(51)52-3)40(50)49-17-5-7-34(49)39-44-21-33(47-39)26-11-14-29(43-20-26)28-13-12-27(35-24-8-9-25(18-24)36(28)35)23-10-15-30-32(19-23)46-38(45-30)31-6-4-16-42-31/h10-15,19-22,24-25,31,34,37,42H,4-9,16-18H2,1-3H3,(H,44,47)(H,45,46)(H,48,51)/t24?,25?,31-,34-,37-/m0/s1. The largest absolute Gasteiger partial charge is 0.453 e. The van der Waals surface area contributed by atoms with Gasteiger partial charge in [0.1, 0.15) is 17.7 Å². The number of alkyl carbamates (subject to hydrolysis) is 1. The number of ether oxygens (including phenoxy) is 1. The van der Waals surface area contributed by atoms with Crippen LogP contribution in [-0.2, 0) is 9.53 Å². The molecule has 0 spiro atoms. The molecule has 11 nitrogen and oxygen atoms in total. The molecule has 2 saturated heterocycles. The summed E-state index contributed by atoms with van der Waals surface area (Å²) in [5, 5.41) is 6.28. The Bertz CT molecular complexity index is 2150. The molecule has 4 N–H and O–H groups in total. The van der Waals surface area contributed by atoms with Crippen molar-refractivity contribution in [3.05, 3.63) is 77.6 Å². The summed E-state index contributed by atoms with van der Waals surface area (Å²) in [7, 11) is 1.31. The highest BCUT2D eigenvalue weighted by molar-refractivity contribution is 5.87. The molecule has 5 atom stereocenters. The fourth-order valence-corrected chi connectivity index (χ4v) is 9.33. The van der Waals surface area contributed by atoms with Crippen molar-refractivity contribution >= 4 is 23.0 Å². The van der Waals surface area contributed by atoms with Gasteiger partial charge in [0, 0.05) is 23.9 Å². The zero-order chi connectivity index (χ0) is 35.5. The predicted octanol–water partition coefficient (Wildman–Crippen LogP) is 7.52. The summed E-state index contributed by atoms with van der Waals surface area (Å²) in [5.74, 6) is 2.74. The minimum atomic E-state index is -0.669. The Morgan fingerprint density at radius 1 is 0.885 bits per heavy atom. The molecule has 2 amide bonds. The second-order valence-electron chi connectivity index (χ2n) is 15.4. The number of carbonyl (C=O) groups is 2. The minimum Gasteiger partial charge on any atom is -0.453 e. The number of nitrogens with one attached hydrogen (secondary N) is 4. The number of hydrogen-bond acceptors (Lipinski definition) is 7. The maximum atomic E-state index is 13.6. The van der Waals surface area contributed by atoms with Gasteiger partial charge in [-0.05, 0) is 116 Å². The molecule has 3 aromatic heterocycles. The Balaban J connectivity index is 0.971. The molecule has 2 aliphatic heterocycles. The van der Waals surface area contributed by atoms with E-state index in [0.717, 1.165) is 65.4 Å². The monoisotopic (exact) mass is 698 g/mol. The van der Waals surface area contributed by atoms with Crippen LogP contribution in [0, 0.1) is 5.92 Å². The fraction of sp³-hybridized carbons (Fsp3) is 0.439. The van der Waals surface area contributed by atoms with E-state index in [4.69, 9.17) is 19.7 Å². The number of benzene rings is 2. The predicted molar refractivity (Wildman–Crippen MR) is 200 cm³/mol. The van der Waals surface area contributed by atoms with Crippen LogP contribution in [0.5, 0.6) is 0 Å². The number of fused-ring (bicyclic) bond motifs is 6. The van der Waals surface area contributed by atoms with Crippen molar-refractivity contribution in [1.82, 2.24) is 40.5 Å². The normalized spacial score (nSPS) is 22.7. The summed E-state index contributed by atoms with van der Waals surface area (Å²) in [6.07, 6.45) is 10.8. The number of amides is 2. The van der Waals surface area contributed by atoms with Gasteiger partial charge in [0.25, 0.3) is 0 Å². The van der Waals surface area contributed by atoms with Crippen LogP contribution in [0.15, 0.2) is 54.9 Å². The number of methoxy groups -OCH3 is 1. The molecule has 11 heteroatoms. The van der Waals surface area contributed by atoms with Crippen LogP contribution < -0.4 is 10.6 Å². The van der Waals surface area contributed by atoms with E-state index in [2.05, 4.69) is 63.1 Å². The summed E-state index contributed by atoms with van der Waals surface area (Å²) in [6.45, 7) is 5.51. The molecule has 2 aromatic carbocycles. The van der Waals surface area contributed by atoms with E-state index in [0.29, 0.717) is 24.4 Å². The Morgan fingerprint density at radius 2 is 1.69 bits per heavy atom. The van der Waals surface area contributed by atoms with Crippen molar-refractivity contribution in [2.75, 3.05) is 20.2 Å². The molecule has 2 unspecified atom stereocenters. The van der Waals surface area contributed by atoms with Crippen molar-refractivity contribution in [2.45, 2.75) is 88.8 Å². The van der Waals surface area contributed by atoms with Gasteiger partial charge in [-0.15, -0.1) is 0 Å². The highest BCUT2D eigenvalue weighted by Crippen LogP contribution is 2.58. The third-order valence-corrected chi connectivity index (χ3v) is 11.9. The van der Waals surface area contributed by atoms with Gasteiger partial charge in [0.2, 0.25) is 5.91 Å². The topological polar surface area (TPSA) is 141 Å². The first-order valence-corrected chi connectivity index (χ1v) is 18.9. The zero-order valence-electron chi connectivity index (χ0n) is 30.0. The number of aromatic amines is 2. The van der Waals surface area contributed by atoms with E-state index in [1.165, 1.54) is 60.6 Å². The molecule has 0 radical (unpaired) electrons. The molecular weight excluding hydrogens is 653 g/mol. The highest BCUT2D eigenvalue weighted by atomic mass is 16.5. The lowest BCUT2D eigenvalue weighted by molar-refractivity contribution is -0.135. The number of nitrogens with zero attached hydrogens (tertiary/aromatic N) is 4. The van der Waals surface area contributed by atoms with E-state index >= 15 is 0 Å². The lowest BCUT2D eigenvalue weighted by atomic mass is 9.82. The summed E-state index contributed by atoms with van der Waals surface area (Å²) in [6, 6.07) is 15.0. The Kier molecular flexibility index (Phi) is 8.33. The van der Waals surface area contributed by atoms with Crippen LogP contribution in [0.25, 0.3) is 44.7 Å². The molecule has 1 saturated carbocycles. The summed E-state index contributed by atoms with van der Waals surface area (Å²) in [5.41, 5.74) is 11.7. The molecule has 5 heterocycles. The number of likely N-dealkylation sites (tertiary alicyclic amines) is 1. The SMILES string of the molecule is COC(=O)N[C@H](C(=O)N1CCC[C@H]1c1ncc(-c2ccc(-c3ccc(-c4ccc5nc([C@@H]6CCCN6)[nH]c5c4)c4c3C3CCC4C3)nc2)[nH]1)C(C)C. The van der Waals surface area contributed by atoms with Gasteiger partial charge >= 0.3 is 6.09 Å². The summed E-state index contributed by atoms with van der Waals surface area (Å²) in [4.78, 5) is 49.2. The third-order valence-electron chi connectivity index (χ3n) is 11.9. The van der Waals surface area contributed by atoms with Gasteiger partial charge in [-0.2, -0.15) is 0 Å². The Hall–Kier alpha value is -5.03. The van der Waals surface area contributed by atoms with Crippen molar-refractivity contribution in [2.24, 2.45) is 5.92 Å². The second kappa shape index (κ2) is 13.2. The number of aromatic nitrogens is 5. The molecule has 268 valence electrons. The Morgan fingerprint density at radius 3 is 2.44 bits per heavy atom. The maximum Gasteiger partial charge on any atom is 0.407 e. The van der Waals surface area contributed by atoms with Crippen molar-refractivity contribution in [3.63, 3.8) is 0 Å². The number of H-pyrrole nitrogens is 2. The van der Waals surface area contributed by atoms with Gasteiger partial charge in [-0.25, -0.2) is 14.8 Å². The van der Waals surface area contributed by atoms with Crippen LogP contribution in [0.4, 0.5) is 4.79 Å². The van der Waals surface area contributed by atoms with Gasteiger partial charge in [0.05, 0.1) is 47.8 Å². The molecule has 2 aliphatic carbocycles. The average Bonchev–Trinajstić information content (AvgIpc) is 4.02. The lowest BCUT2D eigenvalue weighted by Gasteiger charge is -2.30. The van der Waals surface area contributed by atoms with Gasteiger partial charge in [-0.3, -0.25) is 9.78 Å². The van der Waals surface area contributed by atoms with Crippen LogP contribution in [0.1, 0.15) is 105 Å². The van der Waals surface area contributed by atoms with E-state index in [1.54, 1.807) is 0 Å². The van der Waals surface area contributed by atoms with Crippen molar-refractivity contribution < 1.29 is 14.3 Å². The van der Waals surface area contributed by atoms with E-state index in [9.17, 15) is 9.59 Å². The maximum absolute atomic E-state index is 13.6. The Labute approximate surface area is 303 Å². The first-order chi connectivity index (χ1) is 25.4. The number of rotatable bonds is 8. The number of carbonyl (C=O) groups excluding carboxylic acids is 2. The quantitative estimate of drug-likeness (QED) is 0.131. The van der Waals surface area contributed by atoms with Crippen LogP contribution in [0.2, 0.25) is 0 Å². The lowest BCUT2D eigenvalue weighted by Crippen LogP contribution is -2.51. The molecule has 3 fully saturated rings. The van der Waals surface area contributed by atoms with Crippen molar-refractivity contribution in [1.29, 1.82) is 0 Å². The van der Waals surface area contributed by atoms with E-state index in [1.807, 2.05) is 31.1 Å². The minimum absolute atomic E-state index is 0.0870. The summed E-state index contributed by atoms with van der Waals surface area (Å²) < 4.78 is 4.78. The summed E-state index contributed by atoms with van der Waals surface area (Å²) >= 11 is 0. The van der Waals surface area contributed by atoms with E-state index < -0.39 is 12.1 Å². The number of hydrogen-bond donors (Lipinski definition) is 4. The average molecular weight is 699 g/mol. The van der Waals surface area contributed by atoms with Gasteiger partial charge < -0.3 is 30.2 Å². The third kappa shape index (κ3) is 5.66. The molecule has 5 aromatic rings. The molecular formula is C41H46N8O3. The van der Waals surface area contributed by atoms with Crippen LogP contribution in [0.3, 0.4) is 0 Å². The first kappa shape index (κ1) is 32.8. The highest BCUT2D eigenvalue weighted by Gasteiger charge is 2.41. The van der Waals surface area contributed by atoms with Crippen LogP contribution in [-0.4, -0.2) is 68.1 Å². The first-order valence-electron chi connectivity index (χ1n) is 18.9.